The zero-order valence-electron chi connectivity index (χ0n) is 10.7. The minimum Gasteiger partial charge on any atom is -0.494 e. The Morgan fingerprint density at radius 1 is 1.37 bits per heavy atom. The summed E-state index contributed by atoms with van der Waals surface area (Å²) in [5, 5.41) is 3.32. The van der Waals surface area contributed by atoms with E-state index in [1.54, 1.807) is 11.3 Å². The molecule has 102 valence electrons. The smallest absolute Gasteiger partial charge is 0.119 e. The topological polar surface area (TPSA) is 21.3 Å². The molecule has 1 unspecified atom stereocenters. The summed E-state index contributed by atoms with van der Waals surface area (Å²) in [5.41, 5.74) is 1.19. The molecule has 1 N–H and O–H groups in total. The molecule has 5 heteroatoms. The summed E-state index contributed by atoms with van der Waals surface area (Å²) < 4.78 is 7.18. The van der Waals surface area contributed by atoms with Gasteiger partial charge in [0.1, 0.15) is 10.1 Å². The Kier molecular flexibility index (Phi) is 5.28. The second-order valence-corrected chi connectivity index (χ2v) is 6.53. The van der Waals surface area contributed by atoms with E-state index in [-0.39, 0.29) is 6.04 Å². The molecule has 0 saturated heterocycles. The zero-order valence-corrected chi connectivity index (χ0v) is 13.9. The second kappa shape index (κ2) is 6.75. The van der Waals surface area contributed by atoms with Gasteiger partial charge in [-0.15, -0.1) is 11.3 Å². The second-order valence-electron chi connectivity index (χ2n) is 3.99. The van der Waals surface area contributed by atoms with E-state index in [0.29, 0.717) is 6.61 Å². The lowest BCUT2D eigenvalue weighted by Gasteiger charge is -2.15. The lowest BCUT2D eigenvalue weighted by Crippen LogP contribution is -2.16. The molecule has 19 heavy (non-hydrogen) atoms. The fraction of sp³-hybridized carbons (Fsp3) is 0.286. The van der Waals surface area contributed by atoms with Crippen LogP contribution in [0.25, 0.3) is 0 Å². The van der Waals surface area contributed by atoms with E-state index >= 15 is 0 Å². The first-order valence-corrected chi connectivity index (χ1v) is 7.99. The van der Waals surface area contributed by atoms with E-state index in [2.05, 4.69) is 39.4 Å². The van der Waals surface area contributed by atoms with Crippen molar-refractivity contribution in [3.63, 3.8) is 0 Å². The predicted octanol–water partition coefficient (Wildman–Crippen LogP) is 4.87. The van der Waals surface area contributed by atoms with Gasteiger partial charge in [-0.25, -0.2) is 0 Å². The van der Waals surface area contributed by atoms with Crippen LogP contribution >= 0.6 is 38.9 Å². The van der Waals surface area contributed by atoms with E-state index in [9.17, 15) is 0 Å². The van der Waals surface area contributed by atoms with Crippen LogP contribution in [0, 0.1) is 0 Å². The van der Waals surface area contributed by atoms with Crippen LogP contribution in [0.15, 0.2) is 34.8 Å². The highest BCUT2D eigenvalue weighted by Crippen LogP contribution is 2.37. The van der Waals surface area contributed by atoms with Gasteiger partial charge in [-0.2, -0.15) is 0 Å². The highest BCUT2D eigenvalue weighted by Gasteiger charge is 2.16. The molecule has 0 saturated carbocycles. The van der Waals surface area contributed by atoms with Crippen molar-refractivity contribution in [2.24, 2.45) is 0 Å². The summed E-state index contributed by atoms with van der Waals surface area (Å²) in [7, 11) is 1.95. The molecule has 0 amide bonds. The van der Waals surface area contributed by atoms with Crippen molar-refractivity contribution in [1.82, 2.24) is 5.32 Å². The monoisotopic (exact) mass is 359 g/mol. The van der Waals surface area contributed by atoms with Gasteiger partial charge in [-0.05, 0) is 53.7 Å². The fourth-order valence-corrected chi connectivity index (χ4v) is 3.78. The van der Waals surface area contributed by atoms with Crippen LogP contribution in [0.2, 0.25) is 4.34 Å². The standard InChI is InChI=1S/C14H15BrClNOS/c1-3-18-10-6-4-9(5-7-10)13(17-2)12-8-11(15)14(16)19-12/h4-8,13,17H,3H2,1-2H3. The third-order valence-electron chi connectivity index (χ3n) is 2.76. The van der Waals surface area contributed by atoms with Crippen molar-refractivity contribution in [2.45, 2.75) is 13.0 Å². The summed E-state index contributed by atoms with van der Waals surface area (Å²) in [5.74, 6) is 0.895. The highest BCUT2D eigenvalue weighted by atomic mass is 79.9. The molecule has 2 nitrogen and oxygen atoms in total. The number of benzene rings is 1. The SMILES string of the molecule is CCOc1ccc(C(NC)c2cc(Br)c(Cl)s2)cc1. The zero-order chi connectivity index (χ0) is 13.8. The molecular formula is C14H15BrClNOS. The van der Waals surface area contributed by atoms with Gasteiger partial charge in [0.25, 0.3) is 0 Å². The van der Waals surface area contributed by atoms with Crippen LogP contribution in [0.1, 0.15) is 23.4 Å². The first kappa shape index (κ1) is 14.9. The van der Waals surface area contributed by atoms with E-state index in [4.69, 9.17) is 16.3 Å². The molecule has 0 spiro atoms. The molecule has 0 radical (unpaired) electrons. The van der Waals surface area contributed by atoms with Gasteiger partial charge >= 0.3 is 0 Å². The average molecular weight is 361 g/mol. The van der Waals surface area contributed by atoms with Gasteiger partial charge in [0.15, 0.2) is 0 Å². The molecule has 2 rings (SSSR count). The summed E-state index contributed by atoms with van der Waals surface area (Å²) >= 11 is 11.1. The van der Waals surface area contributed by atoms with Crippen molar-refractivity contribution < 1.29 is 4.74 Å². The summed E-state index contributed by atoms with van der Waals surface area (Å²) in [4.78, 5) is 1.18. The Balaban J connectivity index is 2.26. The molecule has 0 aliphatic rings. The minimum absolute atomic E-state index is 0.143. The number of ether oxygens (including phenoxy) is 1. The van der Waals surface area contributed by atoms with E-state index in [1.165, 1.54) is 10.4 Å². The Labute approximate surface area is 130 Å². The Morgan fingerprint density at radius 2 is 2.05 bits per heavy atom. The number of rotatable bonds is 5. The van der Waals surface area contributed by atoms with Crippen LogP contribution in [0.5, 0.6) is 5.75 Å². The molecule has 0 aliphatic carbocycles. The van der Waals surface area contributed by atoms with Gasteiger partial charge in [-0.1, -0.05) is 23.7 Å². The van der Waals surface area contributed by atoms with Crippen LogP contribution < -0.4 is 10.1 Å². The minimum atomic E-state index is 0.143. The number of hydrogen-bond donors (Lipinski definition) is 1. The van der Waals surface area contributed by atoms with Crippen LogP contribution in [0.4, 0.5) is 0 Å². The lowest BCUT2D eigenvalue weighted by molar-refractivity contribution is 0.340. The molecule has 1 aromatic heterocycles. The Bertz CT molecular complexity index is 521. The van der Waals surface area contributed by atoms with Gasteiger partial charge in [0, 0.05) is 9.35 Å². The molecule has 0 bridgehead atoms. The average Bonchev–Trinajstić information content (AvgIpc) is 2.73. The largest absolute Gasteiger partial charge is 0.494 e. The quantitative estimate of drug-likeness (QED) is 0.821. The number of halogens is 2. The Hall–Kier alpha value is -0.550. The first-order valence-electron chi connectivity index (χ1n) is 6.00. The van der Waals surface area contributed by atoms with Crippen LogP contribution in [0.3, 0.4) is 0 Å². The first-order chi connectivity index (χ1) is 9.15. The highest BCUT2D eigenvalue weighted by molar-refractivity contribution is 9.10. The van der Waals surface area contributed by atoms with E-state index in [0.717, 1.165) is 14.6 Å². The summed E-state index contributed by atoms with van der Waals surface area (Å²) in [6.07, 6.45) is 0. The van der Waals surface area contributed by atoms with Gasteiger partial charge in [-0.3, -0.25) is 0 Å². The maximum Gasteiger partial charge on any atom is 0.119 e. The molecule has 1 atom stereocenters. The Morgan fingerprint density at radius 3 is 2.53 bits per heavy atom. The molecule has 1 heterocycles. The number of nitrogens with one attached hydrogen (secondary N) is 1. The fourth-order valence-electron chi connectivity index (χ4n) is 1.90. The predicted molar refractivity (Wildman–Crippen MR) is 85.5 cm³/mol. The van der Waals surface area contributed by atoms with E-state index < -0.39 is 0 Å². The lowest BCUT2D eigenvalue weighted by atomic mass is 10.1. The van der Waals surface area contributed by atoms with Crippen LogP contribution in [-0.2, 0) is 0 Å². The number of thiophene rings is 1. The van der Waals surface area contributed by atoms with Gasteiger partial charge in [0.05, 0.1) is 12.6 Å². The van der Waals surface area contributed by atoms with E-state index in [1.807, 2.05) is 26.1 Å². The normalized spacial score (nSPS) is 12.4. The van der Waals surface area contributed by atoms with Crippen molar-refractivity contribution in [3.05, 3.63) is 49.6 Å². The van der Waals surface area contributed by atoms with Crippen molar-refractivity contribution in [3.8, 4) is 5.75 Å². The maximum absolute atomic E-state index is 6.11. The van der Waals surface area contributed by atoms with Crippen molar-refractivity contribution in [2.75, 3.05) is 13.7 Å². The van der Waals surface area contributed by atoms with Crippen LogP contribution in [-0.4, -0.2) is 13.7 Å². The van der Waals surface area contributed by atoms with Gasteiger partial charge < -0.3 is 10.1 Å². The number of hydrogen-bond acceptors (Lipinski definition) is 3. The molecular weight excluding hydrogens is 346 g/mol. The molecule has 2 aromatic rings. The van der Waals surface area contributed by atoms with Gasteiger partial charge in [0.2, 0.25) is 0 Å². The molecule has 0 fully saturated rings. The van der Waals surface area contributed by atoms with Crippen molar-refractivity contribution in [1.29, 1.82) is 0 Å². The van der Waals surface area contributed by atoms with Crippen molar-refractivity contribution >= 4 is 38.9 Å². The molecule has 0 aliphatic heterocycles. The third kappa shape index (κ3) is 3.51. The maximum atomic E-state index is 6.11. The third-order valence-corrected chi connectivity index (χ3v) is 5.30. The summed E-state index contributed by atoms with van der Waals surface area (Å²) in [6, 6.07) is 10.3. The summed E-state index contributed by atoms with van der Waals surface area (Å²) in [6.45, 7) is 2.66. The molecule has 1 aromatic carbocycles.